The number of carbonyl (C=O) groups is 1. The van der Waals surface area contributed by atoms with Crippen LogP contribution in [-0.4, -0.2) is 34.6 Å². The zero-order valence-corrected chi connectivity index (χ0v) is 17.4. The lowest BCUT2D eigenvalue weighted by atomic mass is 10.3. The number of urea groups is 1. The first-order valence-corrected chi connectivity index (χ1v) is 10.6. The normalized spacial score (nSPS) is 10.7. The number of hydrogen-bond donors (Lipinski definition) is 3. The molecule has 0 aliphatic carbocycles. The SMILES string of the molecule is COc1cc(F)cc(NC(=O)Nc2ncc(CCNc3ncnc4ccsc34)s2)c1. The van der Waals surface area contributed by atoms with E-state index in [2.05, 4.69) is 30.9 Å². The molecule has 11 heteroatoms. The van der Waals surface area contributed by atoms with Crippen LogP contribution < -0.4 is 20.7 Å². The molecule has 3 aromatic heterocycles. The monoisotopic (exact) mass is 444 g/mol. The average Bonchev–Trinajstić information content (AvgIpc) is 3.37. The number of amides is 2. The number of ether oxygens (including phenoxy) is 1. The fraction of sp³-hybridized carbons (Fsp3) is 0.158. The summed E-state index contributed by atoms with van der Waals surface area (Å²) in [5.41, 5.74) is 1.21. The van der Waals surface area contributed by atoms with Crippen molar-refractivity contribution in [1.82, 2.24) is 15.0 Å². The summed E-state index contributed by atoms with van der Waals surface area (Å²) in [6, 6.07) is 5.41. The molecule has 3 heterocycles. The van der Waals surface area contributed by atoms with E-state index in [-0.39, 0.29) is 5.69 Å². The molecule has 0 fully saturated rings. The maximum Gasteiger partial charge on any atom is 0.325 e. The molecular formula is C19H17FN6O2S2. The number of benzene rings is 1. The van der Waals surface area contributed by atoms with Gasteiger partial charge in [0.15, 0.2) is 5.13 Å². The average molecular weight is 445 g/mol. The number of fused-ring (bicyclic) bond motifs is 1. The number of halogens is 1. The molecule has 1 aromatic carbocycles. The number of aromatic nitrogens is 3. The van der Waals surface area contributed by atoms with Gasteiger partial charge in [0.2, 0.25) is 0 Å². The Morgan fingerprint density at radius 1 is 1.20 bits per heavy atom. The largest absolute Gasteiger partial charge is 0.497 e. The van der Waals surface area contributed by atoms with Crippen LogP contribution in [0.5, 0.6) is 5.75 Å². The number of anilines is 3. The summed E-state index contributed by atoms with van der Waals surface area (Å²) in [5.74, 6) is 0.623. The van der Waals surface area contributed by atoms with E-state index in [4.69, 9.17) is 4.74 Å². The Labute approximate surface area is 179 Å². The maximum absolute atomic E-state index is 13.5. The first kappa shape index (κ1) is 20.0. The smallest absolute Gasteiger partial charge is 0.325 e. The number of rotatable bonds is 7. The van der Waals surface area contributed by atoms with Crippen LogP contribution in [-0.2, 0) is 6.42 Å². The number of methoxy groups -OCH3 is 1. The second kappa shape index (κ2) is 9.01. The highest BCUT2D eigenvalue weighted by Gasteiger charge is 2.10. The summed E-state index contributed by atoms with van der Waals surface area (Å²) < 4.78 is 19.5. The van der Waals surface area contributed by atoms with Crippen LogP contribution in [0.15, 0.2) is 42.2 Å². The van der Waals surface area contributed by atoms with Crippen LogP contribution in [0.3, 0.4) is 0 Å². The van der Waals surface area contributed by atoms with Gasteiger partial charge in [-0.2, -0.15) is 0 Å². The van der Waals surface area contributed by atoms with Gasteiger partial charge >= 0.3 is 6.03 Å². The Balaban J connectivity index is 1.30. The van der Waals surface area contributed by atoms with Gasteiger partial charge in [0.25, 0.3) is 0 Å². The predicted octanol–water partition coefficient (Wildman–Crippen LogP) is 4.59. The highest BCUT2D eigenvalue weighted by Crippen LogP contribution is 2.25. The molecule has 30 heavy (non-hydrogen) atoms. The van der Waals surface area contributed by atoms with E-state index < -0.39 is 11.8 Å². The highest BCUT2D eigenvalue weighted by atomic mass is 32.1. The van der Waals surface area contributed by atoms with Gasteiger partial charge in [-0.15, -0.1) is 22.7 Å². The lowest BCUT2D eigenvalue weighted by Crippen LogP contribution is -2.19. The maximum atomic E-state index is 13.5. The van der Waals surface area contributed by atoms with E-state index in [1.54, 1.807) is 23.9 Å². The fourth-order valence-electron chi connectivity index (χ4n) is 2.71. The lowest BCUT2D eigenvalue weighted by molar-refractivity contribution is 0.262. The van der Waals surface area contributed by atoms with Crippen molar-refractivity contribution >= 4 is 55.6 Å². The summed E-state index contributed by atoms with van der Waals surface area (Å²) >= 11 is 2.96. The zero-order valence-electron chi connectivity index (χ0n) is 15.8. The summed E-state index contributed by atoms with van der Waals surface area (Å²) in [6.45, 7) is 0.668. The lowest BCUT2D eigenvalue weighted by Gasteiger charge is -2.07. The van der Waals surface area contributed by atoms with E-state index in [1.165, 1.54) is 36.6 Å². The van der Waals surface area contributed by atoms with Crippen molar-refractivity contribution in [2.45, 2.75) is 6.42 Å². The Morgan fingerprint density at radius 3 is 2.97 bits per heavy atom. The topological polar surface area (TPSA) is 101 Å². The summed E-state index contributed by atoms with van der Waals surface area (Å²) in [5, 5.41) is 11.0. The Kier molecular flexibility index (Phi) is 6.00. The van der Waals surface area contributed by atoms with Crippen LogP contribution >= 0.6 is 22.7 Å². The quantitative estimate of drug-likeness (QED) is 0.385. The van der Waals surface area contributed by atoms with Crippen LogP contribution in [0.2, 0.25) is 0 Å². The second-order valence-electron chi connectivity index (χ2n) is 6.12. The molecule has 0 saturated carbocycles. The number of thiazole rings is 1. The highest BCUT2D eigenvalue weighted by molar-refractivity contribution is 7.17. The van der Waals surface area contributed by atoms with E-state index in [9.17, 15) is 9.18 Å². The van der Waals surface area contributed by atoms with Crippen LogP contribution in [0.1, 0.15) is 4.88 Å². The minimum Gasteiger partial charge on any atom is -0.497 e. The van der Waals surface area contributed by atoms with Gasteiger partial charge in [0.1, 0.15) is 23.7 Å². The number of nitrogens with one attached hydrogen (secondary N) is 3. The first-order chi connectivity index (χ1) is 14.6. The molecule has 2 amide bonds. The van der Waals surface area contributed by atoms with Gasteiger partial charge in [-0.1, -0.05) is 0 Å². The molecule has 0 radical (unpaired) electrons. The summed E-state index contributed by atoms with van der Waals surface area (Å²) in [7, 11) is 1.43. The van der Waals surface area contributed by atoms with Gasteiger partial charge in [0, 0.05) is 41.9 Å². The standard InChI is InChI=1S/C19H17FN6O2S2/c1-28-13-7-11(20)6-12(8-13)25-18(27)26-19-22-9-14(30-19)2-4-21-17-16-15(3-5-29-16)23-10-24-17/h3,5-10H,2,4H2,1H3,(H,21,23,24)(H2,22,25,26,27). The molecule has 0 bridgehead atoms. The van der Waals surface area contributed by atoms with E-state index in [0.717, 1.165) is 27.3 Å². The number of carbonyl (C=O) groups excluding carboxylic acids is 1. The van der Waals surface area contributed by atoms with Gasteiger partial charge in [-0.3, -0.25) is 5.32 Å². The van der Waals surface area contributed by atoms with Crippen LogP contribution in [0.25, 0.3) is 10.2 Å². The van der Waals surface area contributed by atoms with Gasteiger partial charge in [-0.25, -0.2) is 24.1 Å². The minimum atomic E-state index is -0.511. The fourth-order valence-corrected chi connectivity index (χ4v) is 4.33. The molecule has 0 spiro atoms. The van der Waals surface area contributed by atoms with Crippen LogP contribution in [0.4, 0.5) is 25.8 Å². The van der Waals surface area contributed by atoms with Crippen molar-refractivity contribution in [3.63, 3.8) is 0 Å². The van der Waals surface area contributed by atoms with E-state index in [1.807, 2.05) is 11.4 Å². The Hall–Kier alpha value is -3.31. The molecule has 0 unspecified atom stereocenters. The zero-order chi connectivity index (χ0) is 20.9. The molecule has 0 aliphatic rings. The third-order valence-corrected chi connectivity index (χ3v) is 5.93. The molecule has 3 N–H and O–H groups in total. The molecule has 0 saturated heterocycles. The van der Waals surface area contributed by atoms with Gasteiger partial charge in [-0.05, 0) is 17.5 Å². The number of hydrogen-bond acceptors (Lipinski definition) is 8. The van der Waals surface area contributed by atoms with Crippen molar-refractivity contribution < 1.29 is 13.9 Å². The Morgan fingerprint density at radius 2 is 2.10 bits per heavy atom. The van der Waals surface area contributed by atoms with Crippen molar-refractivity contribution in [1.29, 1.82) is 0 Å². The van der Waals surface area contributed by atoms with Crippen molar-refractivity contribution in [3.8, 4) is 5.75 Å². The van der Waals surface area contributed by atoms with Gasteiger partial charge < -0.3 is 15.4 Å². The second-order valence-corrected chi connectivity index (χ2v) is 8.16. The molecule has 0 atom stereocenters. The first-order valence-electron chi connectivity index (χ1n) is 8.90. The van der Waals surface area contributed by atoms with Crippen molar-refractivity contribution in [2.24, 2.45) is 0 Å². The molecule has 154 valence electrons. The molecule has 8 nitrogen and oxygen atoms in total. The molecule has 4 rings (SSSR count). The third-order valence-electron chi connectivity index (χ3n) is 4.05. The molecular weight excluding hydrogens is 427 g/mol. The summed E-state index contributed by atoms with van der Waals surface area (Å²) in [4.78, 5) is 25.9. The molecule has 4 aromatic rings. The van der Waals surface area contributed by atoms with E-state index in [0.29, 0.717) is 17.4 Å². The van der Waals surface area contributed by atoms with E-state index >= 15 is 0 Å². The summed E-state index contributed by atoms with van der Waals surface area (Å²) in [6.07, 6.45) is 3.98. The Bertz CT molecular complexity index is 1180. The number of nitrogens with zero attached hydrogens (tertiary/aromatic N) is 3. The molecule has 0 aliphatic heterocycles. The van der Waals surface area contributed by atoms with Gasteiger partial charge in [0.05, 0.1) is 17.3 Å². The van der Waals surface area contributed by atoms with Crippen molar-refractivity contribution in [2.75, 3.05) is 29.6 Å². The predicted molar refractivity (Wildman–Crippen MR) is 117 cm³/mol. The minimum absolute atomic E-state index is 0.287. The third kappa shape index (κ3) is 4.81. The van der Waals surface area contributed by atoms with Crippen LogP contribution in [0, 0.1) is 5.82 Å². The van der Waals surface area contributed by atoms with Crippen molar-refractivity contribution in [3.05, 3.63) is 52.9 Å². The number of thiophene rings is 1.